The van der Waals surface area contributed by atoms with Gasteiger partial charge in [0.25, 0.3) is 11.8 Å². The third-order valence-corrected chi connectivity index (χ3v) is 6.09. The second kappa shape index (κ2) is 8.35. The number of nitrogens with one attached hydrogen (secondary N) is 1. The predicted molar refractivity (Wildman–Crippen MR) is 119 cm³/mol. The maximum atomic E-state index is 13.3. The summed E-state index contributed by atoms with van der Waals surface area (Å²) < 4.78 is 6.47. The minimum absolute atomic E-state index is 0.0459. The molecule has 0 bridgehead atoms. The van der Waals surface area contributed by atoms with Gasteiger partial charge in [0.15, 0.2) is 0 Å². The third kappa shape index (κ3) is 4.51. The lowest BCUT2D eigenvalue weighted by atomic mass is 10.1. The molecule has 2 amide bonds. The van der Waals surface area contributed by atoms with E-state index >= 15 is 0 Å². The van der Waals surface area contributed by atoms with Crippen molar-refractivity contribution in [3.05, 3.63) is 88.8 Å². The van der Waals surface area contributed by atoms with Crippen LogP contribution in [0.5, 0.6) is 0 Å². The minimum Gasteiger partial charge on any atom is -0.467 e. The number of aromatic nitrogens is 1. The molecule has 1 fully saturated rings. The second-order valence-corrected chi connectivity index (χ2v) is 8.61. The van der Waals surface area contributed by atoms with Crippen molar-refractivity contribution in [1.82, 2.24) is 15.2 Å². The van der Waals surface area contributed by atoms with E-state index in [4.69, 9.17) is 4.42 Å². The molecule has 1 N–H and O–H groups in total. The van der Waals surface area contributed by atoms with Crippen molar-refractivity contribution >= 4 is 33.4 Å². The first-order chi connectivity index (χ1) is 15.2. The van der Waals surface area contributed by atoms with Crippen molar-refractivity contribution in [2.45, 2.75) is 32.0 Å². The highest BCUT2D eigenvalue weighted by molar-refractivity contribution is 7.16. The first-order valence-corrected chi connectivity index (χ1v) is 11.1. The Bertz CT molecular complexity index is 1210. The summed E-state index contributed by atoms with van der Waals surface area (Å²) in [5, 5.41) is 2.99. The van der Waals surface area contributed by atoms with Gasteiger partial charge in [0.05, 0.1) is 28.5 Å². The fourth-order valence-electron chi connectivity index (χ4n) is 3.44. The van der Waals surface area contributed by atoms with Crippen LogP contribution >= 0.6 is 11.3 Å². The minimum atomic E-state index is -0.0812. The lowest BCUT2D eigenvalue weighted by Gasteiger charge is -2.22. The van der Waals surface area contributed by atoms with Gasteiger partial charge in [0.1, 0.15) is 5.76 Å². The number of furan rings is 1. The quantitative estimate of drug-likeness (QED) is 0.463. The molecule has 0 saturated heterocycles. The molecule has 4 aromatic rings. The van der Waals surface area contributed by atoms with E-state index in [-0.39, 0.29) is 11.8 Å². The molecule has 1 aliphatic carbocycles. The van der Waals surface area contributed by atoms with Crippen molar-refractivity contribution in [3.8, 4) is 0 Å². The van der Waals surface area contributed by atoms with E-state index in [1.807, 2.05) is 54.6 Å². The van der Waals surface area contributed by atoms with E-state index in [1.54, 1.807) is 16.7 Å². The Balaban J connectivity index is 1.36. The van der Waals surface area contributed by atoms with Gasteiger partial charge in [-0.2, -0.15) is 0 Å². The number of hydrogen-bond donors (Lipinski definition) is 1. The Hall–Kier alpha value is -3.45. The Morgan fingerprint density at radius 1 is 1.06 bits per heavy atom. The standard InChI is InChI=1S/C24H21N3O3S/c28-23(26-19-8-9-19)17-5-3-16(4-6-17)13-27(14-20-2-1-11-30-20)24(29)18-7-10-21-22(12-18)31-15-25-21/h1-7,10-12,15,19H,8-9,13-14H2,(H,26,28). The number of fused-ring (bicyclic) bond motifs is 1. The summed E-state index contributed by atoms with van der Waals surface area (Å²) >= 11 is 1.51. The average Bonchev–Trinajstić information content (AvgIpc) is 3.25. The number of rotatable bonds is 7. The first kappa shape index (κ1) is 19.5. The van der Waals surface area contributed by atoms with Crippen LogP contribution in [0.25, 0.3) is 10.2 Å². The number of carbonyl (C=O) groups excluding carboxylic acids is 2. The summed E-state index contributed by atoms with van der Waals surface area (Å²) in [7, 11) is 0. The normalized spacial score (nSPS) is 13.3. The Labute approximate surface area is 183 Å². The Morgan fingerprint density at radius 3 is 2.61 bits per heavy atom. The summed E-state index contributed by atoms with van der Waals surface area (Å²) in [6, 6.07) is 17.0. The topological polar surface area (TPSA) is 75.4 Å². The average molecular weight is 432 g/mol. The zero-order valence-corrected chi connectivity index (χ0v) is 17.6. The summed E-state index contributed by atoms with van der Waals surface area (Å²) in [5.74, 6) is 0.588. The van der Waals surface area contributed by atoms with E-state index < -0.39 is 0 Å². The van der Waals surface area contributed by atoms with Gasteiger partial charge in [-0.15, -0.1) is 11.3 Å². The molecule has 1 saturated carbocycles. The van der Waals surface area contributed by atoms with E-state index in [0.29, 0.717) is 36.0 Å². The van der Waals surface area contributed by atoms with Crippen molar-refractivity contribution in [1.29, 1.82) is 0 Å². The van der Waals surface area contributed by atoms with Crippen LogP contribution in [0.2, 0.25) is 0 Å². The van der Waals surface area contributed by atoms with Crippen LogP contribution in [0.3, 0.4) is 0 Å². The van der Waals surface area contributed by atoms with E-state index in [9.17, 15) is 9.59 Å². The summed E-state index contributed by atoms with van der Waals surface area (Å²) in [6.45, 7) is 0.765. The SMILES string of the molecule is O=C(NC1CC1)c1ccc(CN(Cc2ccco2)C(=O)c2ccc3ncsc3c2)cc1. The number of thiazole rings is 1. The monoisotopic (exact) mass is 431 g/mol. The predicted octanol–water partition coefficient (Wildman–Crippen LogP) is 4.62. The van der Waals surface area contributed by atoms with Crippen LogP contribution in [-0.4, -0.2) is 27.7 Å². The van der Waals surface area contributed by atoms with Crippen LogP contribution in [0.15, 0.2) is 70.8 Å². The molecule has 156 valence electrons. The molecule has 0 radical (unpaired) electrons. The van der Waals surface area contributed by atoms with Gasteiger partial charge < -0.3 is 14.6 Å². The number of hydrogen-bond acceptors (Lipinski definition) is 5. The molecular weight excluding hydrogens is 410 g/mol. The number of benzene rings is 2. The van der Waals surface area contributed by atoms with Crippen molar-refractivity contribution in [2.75, 3.05) is 0 Å². The van der Waals surface area contributed by atoms with E-state index in [0.717, 1.165) is 28.6 Å². The van der Waals surface area contributed by atoms with Crippen LogP contribution in [0.1, 0.15) is 44.9 Å². The highest BCUT2D eigenvalue weighted by atomic mass is 32.1. The molecular formula is C24H21N3O3S. The van der Waals surface area contributed by atoms with E-state index in [1.165, 1.54) is 11.3 Å². The molecule has 5 rings (SSSR count). The zero-order valence-electron chi connectivity index (χ0n) is 16.8. The number of nitrogens with zero attached hydrogens (tertiary/aromatic N) is 2. The molecule has 6 nitrogen and oxygen atoms in total. The molecule has 0 atom stereocenters. The summed E-state index contributed by atoms with van der Waals surface area (Å²) in [4.78, 5) is 31.6. The maximum Gasteiger partial charge on any atom is 0.254 e. The van der Waals surface area contributed by atoms with Gasteiger partial charge >= 0.3 is 0 Å². The fourth-order valence-corrected chi connectivity index (χ4v) is 4.16. The molecule has 2 aromatic carbocycles. The van der Waals surface area contributed by atoms with Gasteiger partial charge in [-0.25, -0.2) is 4.98 Å². The Morgan fingerprint density at radius 2 is 1.87 bits per heavy atom. The Kier molecular flexibility index (Phi) is 5.26. The second-order valence-electron chi connectivity index (χ2n) is 7.72. The van der Waals surface area contributed by atoms with Crippen LogP contribution < -0.4 is 5.32 Å². The first-order valence-electron chi connectivity index (χ1n) is 10.2. The highest BCUT2D eigenvalue weighted by Crippen LogP contribution is 2.22. The maximum absolute atomic E-state index is 13.3. The largest absolute Gasteiger partial charge is 0.467 e. The lowest BCUT2D eigenvalue weighted by molar-refractivity contribution is 0.0717. The molecule has 1 aliphatic rings. The highest BCUT2D eigenvalue weighted by Gasteiger charge is 2.24. The van der Waals surface area contributed by atoms with Crippen LogP contribution in [0, 0.1) is 0 Å². The number of amides is 2. The lowest BCUT2D eigenvalue weighted by Crippen LogP contribution is -2.30. The van der Waals surface area contributed by atoms with Gasteiger partial charge in [-0.1, -0.05) is 12.1 Å². The molecule has 2 heterocycles. The molecule has 0 spiro atoms. The van der Waals surface area contributed by atoms with Gasteiger partial charge in [-0.05, 0) is 60.9 Å². The summed E-state index contributed by atoms with van der Waals surface area (Å²) in [6.07, 6.45) is 3.72. The summed E-state index contributed by atoms with van der Waals surface area (Å²) in [5.41, 5.74) is 4.86. The number of carbonyl (C=O) groups is 2. The van der Waals surface area contributed by atoms with Crippen molar-refractivity contribution in [2.24, 2.45) is 0 Å². The zero-order chi connectivity index (χ0) is 21.2. The van der Waals surface area contributed by atoms with Crippen LogP contribution in [-0.2, 0) is 13.1 Å². The van der Waals surface area contributed by atoms with Crippen molar-refractivity contribution < 1.29 is 14.0 Å². The van der Waals surface area contributed by atoms with Crippen molar-refractivity contribution in [3.63, 3.8) is 0 Å². The van der Waals surface area contributed by atoms with Gasteiger partial charge in [0.2, 0.25) is 0 Å². The fraction of sp³-hybridized carbons (Fsp3) is 0.208. The molecule has 0 unspecified atom stereocenters. The van der Waals surface area contributed by atoms with Gasteiger partial charge in [0, 0.05) is 23.7 Å². The molecule has 7 heteroatoms. The molecule has 31 heavy (non-hydrogen) atoms. The van der Waals surface area contributed by atoms with Gasteiger partial charge in [-0.3, -0.25) is 9.59 Å². The van der Waals surface area contributed by atoms with E-state index in [2.05, 4.69) is 10.3 Å². The smallest absolute Gasteiger partial charge is 0.254 e. The molecule has 2 aromatic heterocycles. The van der Waals surface area contributed by atoms with Crippen LogP contribution in [0.4, 0.5) is 0 Å². The molecule has 0 aliphatic heterocycles. The third-order valence-electron chi connectivity index (χ3n) is 5.29.